The molecule has 4 rings (SSSR count). The van der Waals surface area contributed by atoms with Gasteiger partial charge < -0.3 is 9.64 Å². The van der Waals surface area contributed by atoms with E-state index in [1.54, 1.807) is 18.9 Å². The van der Waals surface area contributed by atoms with E-state index >= 15 is 0 Å². The molecule has 0 aliphatic carbocycles. The van der Waals surface area contributed by atoms with Crippen molar-refractivity contribution < 1.29 is 9.53 Å². The second-order valence-corrected chi connectivity index (χ2v) is 9.34. The fraction of sp³-hybridized carbons (Fsp3) is 0.136. The minimum absolute atomic E-state index is 0.0374. The summed E-state index contributed by atoms with van der Waals surface area (Å²) in [5.74, 6) is 0.808. The number of nitrogens with zero attached hydrogens (tertiary/aromatic N) is 1. The zero-order valence-corrected chi connectivity index (χ0v) is 17.1. The normalized spacial score (nSPS) is 21.6. The summed E-state index contributed by atoms with van der Waals surface area (Å²) in [6.45, 7) is 0. The van der Waals surface area contributed by atoms with Crippen molar-refractivity contribution in [1.82, 2.24) is 0 Å². The molecule has 0 N–H and O–H groups in total. The first-order chi connectivity index (χ1) is 13.1. The lowest BCUT2D eigenvalue weighted by atomic mass is 9.92. The van der Waals surface area contributed by atoms with Crippen molar-refractivity contribution in [2.24, 2.45) is 0 Å². The molecule has 3 nitrogen and oxygen atoms in total. The molecule has 0 bridgehead atoms. The molecule has 0 saturated carbocycles. The van der Waals surface area contributed by atoms with Crippen LogP contribution in [0.5, 0.6) is 5.75 Å². The molecule has 1 aliphatic rings. The number of ether oxygens (including phenoxy) is 1. The van der Waals surface area contributed by atoms with Crippen LogP contribution in [0, 0.1) is 0 Å². The quantitative estimate of drug-likeness (QED) is 0.379. The van der Waals surface area contributed by atoms with Gasteiger partial charge in [0.1, 0.15) is 5.75 Å². The number of hydrogen-bond donors (Lipinski definition) is 0. The van der Waals surface area contributed by atoms with Crippen LogP contribution in [-0.2, 0) is 4.79 Å². The van der Waals surface area contributed by atoms with E-state index in [4.69, 9.17) is 4.74 Å². The Hall–Kier alpha value is -2.24. The average Bonchev–Trinajstić information content (AvgIpc) is 2.73. The van der Waals surface area contributed by atoms with Gasteiger partial charge in [-0.15, -0.1) is 0 Å². The lowest BCUT2D eigenvalue weighted by Gasteiger charge is -2.52. The number of β-lactam (4-membered cyclic amide) rings is 1. The Morgan fingerprint density at radius 3 is 2.11 bits per heavy atom. The fourth-order valence-electron chi connectivity index (χ4n) is 3.27. The summed E-state index contributed by atoms with van der Waals surface area (Å²) in [7, 11) is 1.64. The largest absolute Gasteiger partial charge is 0.497 e. The number of thioether (sulfide) groups is 1. The molecule has 1 aliphatic heterocycles. The molecular formula is C22H18BrNO2S. The van der Waals surface area contributed by atoms with Gasteiger partial charge in [-0.3, -0.25) is 4.79 Å². The number of halogens is 1. The highest BCUT2D eigenvalue weighted by molar-refractivity contribution is 9.12. The number of rotatable bonds is 5. The van der Waals surface area contributed by atoms with Gasteiger partial charge in [-0.2, -0.15) is 0 Å². The van der Waals surface area contributed by atoms with Crippen LogP contribution >= 0.6 is 27.7 Å². The van der Waals surface area contributed by atoms with Crippen molar-refractivity contribution in [1.29, 1.82) is 0 Å². The Morgan fingerprint density at radius 1 is 0.926 bits per heavy atom. The van der Waals surface area contributed by atoms with E-state index in [2.05, 4.69) is 28.1 Å². The second kappa shape index (κ2) is 7.41. The van der Waals surface area contributed by atoms with E-state index < -0.39 is 3.66 Å². The summed E-state index contributed by atoms with van der Waals surface area (Å²) in [5.41, 5.74) is 1.95. The number of alkyl halides is 1. The van der Waals surface area contributed by atoms with Gasteiger partial charge in [0.05, 0.1) is 13.2 Å². The maximum Gasteiger partial charge on any atom is 0.257 e. The number of anilines is 1. The third kappa shape index (κ3) is 3.26. The monoisotopic (exact) mass is 439 g/mol. The summed E-state index contributed by atoms with van der Waals surface area (Å²) in [5, 5.41) is 0. The number of carbonyl (C=O) groups excluding carboxylic acids is 1. The van der Waals surface area contributed by atoms with E-state index in [0.717, 1.165) is 21.9 Å². The minimum atomic E-state index is -0.740. The molecule has 5 heteroatoms. The maximum atomic E-state index is 13.3. The Bertz CT molecular complexity index is 934. The van der Waals surface area contributed by atoms with Crippen molar-refractivity contribution in [3.8, 4) is 5.75 Å². The molecule has 2 atom stereocenters. The molecule has 0 aromatic heterocycles. The molecule has 0 radical (unpaired) electrons. The highest BCUT2D eigenvalue weighted by Gasteiger charge is 2.61. The second-order valence-electron chi connectivity index (χ2n) is 6.25. The highest BCUT2D eigenvalue weighted by atomic mass is 79.9. The minimum Gasteiger partial charge on any atom is -0.497 e. The van der Waals surface area contributed by atoms with Crippen LogP contribution in [0.4, 0.5) is 5.69 Å². The Kier molecular flexibility index (Phi) is 4.98. The van der Waals surface area contributed by atoms with Gasteiger partial charge in [-0.1, -0.05) is 76.2 Å². The smallest absolute Gasteiger partial charge is 0.257 e. The molecule has 27 heavy (non-hydrogen) atoms. The van der Waals surface area contributed by atoms with Gasteiger partial charge in [0, 0.05) is 10.6 Å². The first kappa shape index (κ1) is 18.1. The zero-order valence-electron chi connectivity index (χ0n) is 14.7. The van der Waals surface area contributed by atoms with Crippen LogP contribution in [0.3, 0.4) is 0 Å². The molecule has 1 heterocycles. The Balaban J connectivity index is 1.72. The van der Waals surface area contributed by atoms with Gasteiger partial charge in [-0.25, -0.2) is 0 Å². The number of hydrogen-bond acceptors (Lipinski definition) is 3. The first-order valence-corrected chi connectivity index (χ1v) is 10.2. The molecule has 0 unspecified atom stereocenters. The molecule has 3 aromatic rings. The van der Waals surface area contributed by atoms with Crippen molar-refractivity contribution in [3.05, 3.63) is 90.5 Å². The van der Waals surface area contributed by atoms with Gasteiger partial charge in [0.25, 0.3) is 5.91 Å². The highest BCUT2D eigenvalue weighted by Crippen LogP contribution is 2.59. The predicted octanol–water partition coefficient (Wildman–Crippen LogP) is 5.67. The zero-order chi connectivity index (χ0) is 18.9. The fourth-order valence-corrected chi connectivity index (χ4v) is 5.66. The molecular weight excluding hydrogens is 422 g/mol. The van der Waals surface area contributed by atoms with Gasteiger partial charge in [-0.05, 0) is 42.0 Å². The van der Waals surface area contributed by atoms with Gasteiger partial charge >= 0.3 is 0 Å². The van der Waals surface area contributed by atoms with E-state index in [1.807, 2.05) is 77.7 Å². The van der Waals surface area contributed by atoms with Crippen molar-refractivity contribution >= 4 is 39.3 Å². The van der Waals surface area contributed by atoms with Crippen LogP contribution in [0.25, 0.3) is 0 Å². The van der Waals surface area contributed by atoms with Crippen molar-refractivity contribution in [2.75, 3.05) is 12.0 Å². The number of benzene rings is 3. The van der Waals surface area contributed by atoms with Crippen LogP contribution < -0.4 is 9.64 Å². The van der Waals surface area contributed by atoms with Gasteiger partial charge in [0.15, 0.2) is 3.66 Å². The van der Waals surface area contributed by atoms with Gasteiger partial charge in [0.2, 0.25) is 0 Å². The lowest BCUT2D eigenvalue weighted by molar-refractivity contribution is -0.124. The average molecular weight is 440 g/mol. The summed E-state index contributed by atoms with van der Waals surface area (Å²) in [6, 6.07) is 27.6. The van der Waals surface area contributed by atoms with Crippen LogP contribution in [0.15, 0.2) is 89.8 Å². The third-order valence-corrected chi connectivity index (χ3v) is 7.06. The van der Waals surface area contributed by atoms with Crippen LogP contribution in [0.2, 0.25) is 0 Å². The summed E-state index contributed by atoms with van der Waals surface area (Å²) >= 11 is 5.34. The molecule has 1 fully saturated rings. The molecule has 0 spiro atoms. The Morgan fingerprint density at radius 2 is 1.52 bits per heavy atom. The SMILES string of the molecule is COc1ccc(N2C(=O)[C@](Br)(Sc3ccccc3)[C@H]2c2ccccc2)cc1. The van der Waals surface area contributed by atoms with Crippen LogP contribution in [0.1, 0.15) is 11.6 Å². The van der Waals surface area contributed by atoms with E-state index in [9.17, 15) is 4.79 Å². The molecule has 136 valence electrons. The van der Waals surface area contributed by atoms with E-state index in [0.29, 0.717) is 0 Å². The Labute approximate surface area is 171 Å². The number of methoxy groups -OCH3 is 1. The summed E-state index contributed by atoms with van der Waals surface area (Å²) < 4.78 is 4.50. The third-order valence-electron chi connectivity index (χ3n) is 4.60. The van der Waals surface area contributed by atoms with Crippen molar-refractivity contribution in [2.45, 2.75) is 14.6 Å². The summed E-state index contributed by atoms with van der Waals surface area (Å²) in [4.78, 5) is 16.2. The van der Waals surface area contributed by atoms with Crippen molar-refractivity contribution in [3.63, 3.8) is 0 Å². The maximum absolute atomic E-state index is 13.3. The summed E-state index contributed by atoms with van der Waals surface area (Å²) in [6.07, 6.45) is 0. The first-order valence-electron chi connectivity index (χ1n) is 8.59. The van der Waals surface area contributed by atoms with Crippen LogP contribution in [-0.4, -0.2) is 16.7 Å². The number of carbonyl (C=O) groups is 1. The molecule has 3 aromatic carbocycles. The van der Waals surface area contributed by atoms with E-state index in [1.165, 1.54) is 0 Å². The molecule has 1 amide bonds. The standard InChI is InChI=1S/C22H18BrNO2S/c1-26-18-14-12-17(13-15-18)24-20(16-8-4-2-5-9-16)22(23,21(24)25)27-19-10-6-3-7-11-19/h2-15,20H,1H3/t20-,22-/m1/s1. The predicted molar refractivity (Wildman–Crippen MR) is 114 cm³/mol. The topological polar surface area (TPSA) is 29.5 Å². The van der Waals surface area contributed by atoms with E-state index in [-0.39, 0.29) is 11.9 Å². The molecule has 1 saturated heterocycles. The number of amides is 1. The lowest BCUT2D eigenvalue weighted by Crippen LogP contribution is -2.63.